The Morgan fingerprint density at radius 1 is 1.36 bits per heavy atom. The fourth-order valence-corrected chi connectivity index (χ4v) is 3.30. The Labute approximate surface area is 86.7 Å². The molecule has 14 heavy (non-hydrogen) atoms. The van der Waals surface area contributed by atoms with Crippen molar-refractivity contribution < 1.29 is 8.42 Å². The average Bonchev–Trinajstić information content (AvgIpc) is 2.02. The fourth-order valence-electron chi connectivity index (χ4n) is 1.69. The summed E-state index contributed by atoms with van der Waals surface area (Å²) in [5, 5.41) is 2.88. The van der Waals surface area contributed by atoms with Crippen LogP contribution in [-0.2, 0) is 10.0 Å². The summed E-state index contributed by atoms with van der Waals surface area (Å²) in [4.78, 5) is 0. The monoisotopic (exact) mass is 220 g/mol. The lowest BCUT2D eigenvalue weighted by atomic mass is 10.0. The summed E-state index contributed by atoms with van der Waals surface area (Å²) < 4.78 is 25.6. The van der Waals surface area contributed by atoms with Crippen LogP contribution in [0.15, 0.2) is 0 Å². The van der Waals surface area contributed by atoms with Gasteiger partial charge in [-0.25, -0.2) is 8.42 Å². The Bertz CT molecular complexity index is 296. The third kappa shape index (κ3) is 2.10. The van der Waals surface area contributed by atoms with Gasteiger partial charge in [0.1, 0.15) is 0 Å². The highest BCUT2D eigenvalue weighted by atomic mass is 32.2. The van der Waals surface area contributed by atoms with Crippen LogP contribution in [0.25, 0.3) is 0 Å². The molecule has 0 bridgehead atoms. The van der Waals surface area contributed by atoms with Gasteiger partial charge in [0.15, 0.2) is 0 Å². The molecule has 1 rings (SSSR count). The van der Waals surface area contributed by atoms with Crippen LogP contribution in [0.4, 0.5) is 0 Å². The van der Waals surface area contributed by atoms with E-state index in [-0.39, 0.29) is 10.8 Å². The molecule has 1 fully saturated rings. The van der Waals surface area contributed by atoms with Crippen molar-refractivity contribution in [2.75, 3.05) is 19.6 Å². The molecule has 0 spiro atoms. The third-order valence-electron chi connectivity index (χ3n) is 2.63. The molecule has 0 radical (unpaired) electrons. The fraction of sp³-hybridized carbons (Fsp3) is 1.00. The van der Waals surface area contributed by atoms with Gasteiger partial charge in [-0.1, -0.05) is 0 Å². The van der Waals surface area contributed by atoms with Crippen LogP contribution in [-0.4, -0.2) is 43.1 Å². The predicted octanol–water partition coefficient (Wildman–Crippen LogP) is 0.408. The number of nitrogens with zero attached hydrogens (tertiary/aromatic N) is 1. The maximum Gasteiger partial charge on any atom is 0.217 e. The van der Waals surface area contributed by atoms with E-state index in [4.69, 9.17) is 0 Å². The van der Waals surface area contributed by atoms with Gasteiger partial charge in [-0.3, -0.25) is 0 Å². The smallest absolute Gasteiger partial charge is 0.217 e. The van der Waals surface area contributed by atoms with E-state index in [9.17, 15) is 8.42 Å². The van der Waals surface area contributed by atoms with Gasteiger partial charge < -0.3 is 5.32 Å². The summed E-state index contributed by atoms with van der Waals surface area (Å²) >= 11 is 0. The van der Waals surface area contributed by atoms with E-state index in [1.165, 1.54) is 0 Å². The molecule has 0 aromatic carbocycles. The summed E-state index contributed by atoms with van der Waals surface area (Å²) in [6.45, 7) is 9.42. The zero-order valence-electron chi connectivity index (χ0n) is 9.37. The van der Waals surface area contributed by atoms with Gasteiger partial charge in [-0.15, -0.1) is 0 Å². The Hall–Kier alpha value is -0.130. The molecule has 5 heteroatoms. The largest absolute Gasteiger partial charge is 0.314 e. The van der Waals surface area contributed by atoms with Gasteiger partial charge in [-0.2, -0.15) is 4.31 Å². The first-order valence-corrected chi connectivity index (χ1v) is 6.51. The van der Waals surface area contributed by atoms with Crippen LogP contribution in [0.5, 0.6) is 0 Å². The van der Waals surface area contributed by atoms with E-state index in [2.05, 4.69) is 5.32 Å². The molecule has 0 unspecified atom stereocenters. The van der Waals surface area contributed by atoms with Gasteiger partial charge in [0.25, 0.3) is 0 Å². The average molecular weight is 220 g/mol. The summed E-state index contributed by atoms with van der Waals surface area (Å²) in [6.07, 6.45) is 0. The number of piperazine rings is 1. The zero-order valence-corrected chi connectivity index (χ0v) is 10.2. The summed E-state index contributed by atoms with van der Waals surface area (Å²) in [6, 6.07) is 0. The highest BCUT2D eigenvalue weighted by Crippen LogP contribution is 2.22. The molecule has 1 heterocycles. The maximum atomic E-state index is 12.0. The minimum atomic E-state index is -3.11. The zero-order chi connectivity index (χ0) is 11.0. The van der Waals surface area contributed by atoms with Gasteiger partial charge in [0, 0.05) is 25.2 Å². The van der Waals surface area contributed by atoms with Gasteiger partial charge in [0.2, 0.25) is 10.0 Å². The quantitative estimate of drug-likeness (QED) is 0.733. The maximum absolute atomic E-state index is 12.0. The second-order valence-electron chi connectivity index (χ2n) is 4.66. The Kier molecular flexibility index (Phi) is 3.23. The van der Waals surface area contributed by atoms with Gasteiger partial charge in [-0.05, 0) is 27.7 Å². The Balaban J connectivity index is 2.96. The minimum Gasteiger partial charge on any atom is -0.314 e. The molecule has 1 aliphatic rings. The number of sulfonamides is 1. The van der Waals surface area contributed by atoms with Crippen LogP contribution < -0.4 is 5.32 Å². The minimum absolute atomic E-state index is 0.304. The van der Waals surface area contributed by atoms with E-state index in [1.807, 2.05) is 13.8 Å². The standard InChI is InChI=1S/C9H20N2O2S/c1-8(2)14(12,13)11-6-5-10-7-9(11,3)4/h8,10H,5-7H2,1-4H3. The predicted molar refractivity (Wildman–Crippen MR) is 57.7 cm³/mol. The molecule has 4 nitrogen and oxygen atoms in total. The summed E-state index contributed by atoms with van der Waals surface area (Å²) in [5.74, 6) is 0. The first-order chi connectivity index (χ1) is 6.28. The van der Waals surface area contributed by atoms with Crippen LogP contribution in [0.2, 0.25) is 0 Å². The molecule has 1 N–H and O–H groups in total. The van der Waals surface area contributed by atoms with Crippen LogP contribution in [0.1, 0.15) is 27.7 Å². The van der Waals surface area contributed by atoms with E-state index >= 15 is 0 Å². The van der Waals surface area contributed by atoms with Gasteiger partial charge in [0.05, 0.1) is 5.25 Å². The molecule has 0 aromatic heterocycles. The summed E-state index contributed by atoms with van der Waals surface area (Å²) in [5.41, 5.74) is -0.304. The SMILES string of the molecule is CC(C)S(=O)(=O)N1CCNCC1(C)C. The van der Waals surface area contributed by atoms with Crippen LogP contribution >= 0.6 is 0 Å². The molecule has 0 aromatic rings. The number of hydrogen-bond donors (Lipinski definition) is 1. The van der Waals surface area contributed by atoms with Crippen LogP contribution in [0.3, 0.4) is 0 Å². The first-order valence-electron chi connectivity index (χ1n) is 5.01. The van der Waals surface area contributed by atoms with Crippen molar-refractivity contribution in [1.29, 1.82) is 0 Å². The van der Waals surface area contributed by atoms with Crippen molar-refractivity contribution in [3.63, 3.8) is 0 Å². The molecule has 0 amide bonds. The third-order valence-corrected chi connectivity index (χ3v) is 5.11. The Morgan fingerprint density at radius 3 is 2.36 bits per heavy atom. The second kappa shape index (κ2) is 3.79. The van der Waals surface area contributed by atoms with E-state index in [0.29, 0.717) is 6.54 Å². The van der Waals surface area contributed by atoms with E-state index < -0.39 is 10.0 Å². The van der Waals surface area contributed by atoms with Crippen molar-refractivity contribution in [2.24, 2.45) is 0 Å². The van der Waals surface area contributed by atoms with Crippen molar-refractivity contribution in [3.05, 3.63) is 0 Å². The molecule has 0 aliphatic carbocycles. The molecular weight excluding hydrogens is 200 g/mol. The van der Waals surface area contributed by atoms with E-state index in [0.717, 1.165) is 13.1 Å². The van der Waals surface area contributed by atoms with Crippen molar-refractivity contribution in [3.8, 4) is 0 Å². The topological polar surface area (TPSA) is 49.4 Å². The van der Waals surface area contributed by atoms with Crippen molar-refractivity contribution in [1.82, 2.24) is 9.62 Å². The van der Waals surface area contributed by atoms with E-state index in [1.54, 1.807) is 18.2 Å². The lowest BCUT2D eigenvalue weighted by Crippen LogP contribution is -2.60. The lowest BCUT2D eigenvalue weighted by Gasteiger charge is -2.42. The lowest BCUT2D eigenvalue weighted by molar-refractivity contribution is 0.184. The highest BCUT2D eigenvalue weighted by Gasteiger charge is 2.39. The molecule has 1 aliphatic heterocycles. The molecule has 1 saturated heterocycles. The summed E-state index contributed by atoms with van der Waals surface area (Å²) in [7, 11) is -3.11. The second-order valence-corrected chi connectivity index (χ2v) is 7.07. The van der Waals surface area contributed by atoms with Crippen molar-refractivity contribution in [2.45, 2.75) is 38.5 Å². The van der Waals surface area contributed by atoms with Crippen LogP contribution in [0, 0.1) is 0 Å². The molecular formula is C9H20N2O2S. The van der Waals surface area contributed by atoms with Crippen molar-refractivity contribution >= 4 is 10.0 Å². The highest BCUT2D eigenvalue weighted by molar-refractivity contribution is 7.89. The molecule has 0 saturated carbocycles. The number of nitrogens with one attached hydrogen (secondary N) is 1. The molecule has 84 valence electrons. The number of hydrogen-bond acceptors (Lipinski definition) is 3. The van der Waals surface area contributed by atoms with Gasteiger partial charge >= 0.3 is 0 Å². The Morgan fingerprint density at radius 2 is 1.93 bits per heavy atom. The number of rotatable bonds is 2. The molecule has 0 atom stereocenters. The first kappa shape index (κ1) is 11.9. The normalized spacial score (nSPS) is 24.1.